The third-order valence-corrected chi connectivity index (χ3v) is 7.74. The Labute approximate surface area is 260 Å². The number of unbranched alkanes of at least 4 members (excludes halogenated alkanes) is 1. The van der Waals surface area contributed by atoms with Crippen LogP contribution in [-0.2, 0) is 11.2 Å². The normalized spacial score (nSPS) is 15.1. The number of rotatable bonds is 9. The van der Waals surface area contributed by atoms with Crippen molar-refractivity contribution in [3.05, 3.63) is 150 Å². The number of nitrogens with zero attached hydrogens (tertiary/aromatic N) is 1. The second-order valence-corrected chi connectivity index (χ2v) is 10.8. The van der Waals surface area contributed by atoms with E-state index in [1.807, 2.05) is 66.7 Å². The summed E-state index contributed by atoms with van der Waals surface area (Å²) in [7, 11) is 0. The molecule has 1 amide bonds. The summed E-state index contributed by atoms with van der Waals surface area (Å²) < 4.78 is 12.4. The topological polar surface area (TPSA) is 60.8 Å². The van der Waals surface area contributed by atoms with Crippen LogP contribution in [0.2, 0.25) is 0 Å². The fraction of sp³-hybridized carbons (Fsp3) is 0.205. The van der Waals surface area contributed by atoms with E-state index in [1.165, 1.54) is 30.5 Å². The molecule has 1 fully saturated rings. The first-order valence-electron chi connectivity index (χ1n) is 15.1. The number of phenols is 1. The Morgan fingerprint density at radius 1 is 0.977 bits per heavy atom. The highest BCUT2D eigenvalue weighted by Crippen LogP contribution is 2.41. The predicted octanol–water partition coefficient (Wildman–Crippen LogP) is 10.1. The average molecular weight is 590 g/mol. The van der Waals surface area contributed by atoms with Gasteiger partial charge in [0.25, 0.3) is 0 Å². The molecule has 1 atom stereocenters. The molecule has 44 heavy (non-hydrogen) atoms. The van der Waals surface area contributed by atoms with Gasteiger partial charge in [0.15, 0.2) is 0 Å². The zero-order chi connectivity index (χ0) is 31.5. The molecule has 226 valence electrons. The van der Waals surface area contributed by atoms with E-state index in [2.05, 4.69) is 25.6 Å². The third kappa shape index (κ3) is 8.13. The molecule has 0 bridgehead atoms. The summed E-state index contributed by atoms with van der Waals surface area (Å²) in [6.45, 7) is 7.70. The number of aliphatic hydroxyl groups excluding tert-OH is 1. The van der Waals surface area contributed by atoms with Gasteiger partial charge in [0.2, 0.25) is 5.91 Å². The molecule has 5 heteroatoms. The number of phenolic OH excluding ortho intramolecular Hbond substituents is 1. The van der Waals surface area contributed by atoms with E-state index in [4.69, 9.17) is 0 Å². The molecular formula is C39H40FNO3. The van der Waals surface area contributed by atoms with E-state index in [0.717, 1.165) is 28.8 Å². The molecule has 5 rings (SSSR count). The number of hydrogen-bond acceptors (Lipinski definition) is 3. The summed E-state index contributed by atoms with van der Waals surface area (Å²) >= 11 is 0. The second kappa shape index (κ2) is 15.5. The summed E-state index contributed by atoms with van der Waals surface area (Å²) in [5.74, 6) is 0.136. The molecular weight excluding hydrogens is 549 g/mol. The number of hydrogen-bond donors (Lipinski definition) is 2. The van der Waals surface area contributed by atoms with Crippen molar-refractivity contribution in [3.8, 4) is 16.9 Å². The summed E-state index contributed by atoms with van der Waals surface area (Å²) in [5.41, 5.74) is 6.39. The van der Waals surface area contributed by atoms with Crippen LogP contribution < -0.4 is 4.90 Å². The number of aromatic hydroxyl groups is 1. The fourth-order valence-corrected chi connectivity index (χ4v) is 5.29. The quantitative estimate of drug-likeness (QED) is 0.151. The summed E-state index contributed by atoms with van der Waals surface area (Å²) in [6, 6.07) is 30.0. The SMILES string of the molecule is C=C/C(=C\C(O)=C/C)c1ccc(C2CCC(=O)N2c2ccc(-c3ccccc3)cc2)c(O)c1.CCCCc1ccc(F)cc1. The minimum atomic E-state index is -0.241. The molecule has 4 aromatic carbocycles. The number of aryl methyl sites for hydroxylation is 1. The number of amides is 1. The van der Waals surface area contributed by atoms with E-state index in [0.29, 0.717) is 24.0 Å². The molecule has 1 aliphatic heterocycles. The number of allylic oxidation sites excluding steroid dienone is 4. The van der Waals surface area contributed by atoms with Crippen LogP contribution in [0, 0.1) is 5.82 Å². The van der Waals surface area contributed by atoms with Gasteiger partial charge in [-0.05, 0) is 96.5 Å². The van der Waals surface area contributed by atoms with Gasteiger partial charge in [-0.3, -0.25) is 4.79 Å². The van der Waals surface area contributed by atoms with Crippen molar-refractivity contribution < 1.29 is 19.4 Å². The van der Waals surface area contributed by atoms with Gasteiger partial charge in [0, 0.05) is 17.7 Å². The van der Waals surface area contributed by atoms with Crippen molar-refractivity contribution in [1.82, 2.24) is 0 Å². The van der Waals surface area contributed by atoms with E-state index < -0.39 is 0 Å². The van der Waals surface area contributed by atoms with Gasteiger partial charge in [-0.2, -0.15) is 0 Å². The highest BCUT2D eigenvalue weighted by Gasteiger charge is 2.34. The van der Waals surface area contributed by atoms with Crippen LogP contribution in [-0.4, -0.2) is 16.1 Å². The van der Waals surface area contributed by atoms with E-state index in [1.54, 1.807) is 36.1 Å². The lowest BCUT2D eigenvalue weighted by Gasteiger charge is -2.26. The Morgan fingerprint density at radius 3 is 2.27 bits per heavy atom. The van der Waals surface area contributed by atoms with Gasteiger partial charge in [-0.25, -0.2) is 4.39 Å². The lowest BCUT2D eigenvalue weighted by atomic mass is 9.97. The van der Waals surface area contributed by atoms with Crippen molar-refractivity contribution in [3.63, 3.8) is 0 Å². The second-order valence-electron chi connectivity index (χ2n) is 10.8. The number of benzene rings is 4. The van der Waals surface area contributed by atoms with Crippen LogP contribution in [0.15, 0.2) is 128 Å². The van der Waals surface area contributed by atoms with Gasteiger partial charge < -0.3 is 15.1 Å². The first kappa shape index (κ1) is 32.0. The van der Waals surface area contributed by atoms with Gasteiger partial charge in [-0.15, -0.1) is 0 Å². The lowest BCUT2D eigenvalue weighted by molar-refractivity contribution is -0.117. The minimum Gasteiger partial charge on any atom is -0.508 e. The number of carbonyl (C=O) groups is 1. The highest BCUT2D eigenvalue weighted by molar-refractivity contribution is 5.97. The molecule has 4 aromatic rings. The van der Waals surface area contributed by atoms with E-state index >= 15 is 0 Å². The van der Waals surface area contributed by atoms with Crippen LogP contribution in [0.5, 0.6) is 5.75 Å². The molecule has 1 unspecified atom stereocenters. The summed E-state index contributed by atoms with van der Waals surface area (Å²) in [4.78, 5) is 14.6. The van der Waals surface area contributed by atoms with Crippen molar-refractivity contribution in [2.75, 3.05) is 4.90 Å². The van der Waals surface area contributed by atoms with Crippen LogP contribution in [0.25, 0.3) is 16.7 Å². The average Bonchev–Trinajstić information content (AvgIpc) is 3.44. The smallest absolute Gasteiger partial charge is 0.227 e. The van der Waals surface area contributed by atoms with Gasteiger partial charge in [0.05, 0.1) is 6.04 Å². The molecule has 4 nitrogen and oxygen atoms in total. The van der Waals surface area contributed by atoms with Gasteiger partial charge in [-0.1, -0.05) is 92.7 Å². The number of anilines is 1. The van der Waals surface area contributed by atoms with E-state index in [9.17, 15) is 19.4 Å². The van der Waals surface area contributed by atoms with E-state index in [-0.39, 0.29) is 29.3 Å². The predicted molar refractivity (Wildman–Crippen MR) is 179 cm³/mol. The molecule has 0 saturated carbocycles. The van der Waals surface area contributed by atoms with Gasteiger partial charge in [0.1, 0.15) is 17.3 Å². The Kier molecular flexibility index (Phi) is 11.3. The maximum absolute atomic E-state index is 12.8. The number of aliphatic hydroxyl groups is 1. The van der Waals surface area contributed by atoms with Crippen molar-refractivity contribution >= 4 is 17.2 Å². The monoisotopic (exact) mass is 589 g/mol. The molecule has 1 heterocycles. The van der Waals surface area contributed by atoms with Crippen molar-refractivity contribution in [2.24, 2.45) is 0 Å². The summed E-state index contributed by atoms with van der Waals surface area (Å²) in [5, 5.41) is 20.7. The Hall–Kier alpha value is -4.90. The molecule has 0 spiro atoms. The van der Waals surface area contributed by atoms with Crippen molar-refractivity contribution in [1.29, 1.82) is 0 Å². The zero-order valence-corrected chi connectivity index (χ0v) is 25.4. The largest absolute Gasteiger partial charge is 0.508 e. The molecule has 0 aliphatic carbocycles. The van der Waals surface area contributed by atoms with Crippen LogP contribution in [0.4, 0.5) is 10.1 Å². The molecule has 2 N–H and O–H groups in total. The number of carbonyl (C=O) groups excluding carboxylic acids is 1. The Balaban J connectivity index is 0.000000339. The molecule has 0 aromatic heterocycles. The minimum absolute atomic E-state index is 0.0422. The number of halogens is 1. The maximum atomic E-state index is 12.8. The summed E-state index contributed by atoms with van der Waals surface area (Å²) in [6.07, 6.45) is 9.33. The molecule has 1 saturated heterocycles. The zero-order valence-electron chi connectivity index (χ0n) is 25.4. The standard InChI is InChI=1S/C29H27NO3.C10H13F/c1-3-20(18-25(31)4-2)23-12-15-26(28(32)19-23)27-16-17-29(33)30(27)24-13-10-22(11-14-24)21-8-6-5-7-9-21;1-2-3-4-9-5-7-10(11)8-6-9/h3-15,18-19,27,31-32H,1,16-17H2,2H3;5-8H,2-4H2,1H3/b20-18+,25-4+;. The third-order valence-electron chi connectivity index (χ3n) is 7.74. The first-order chi connectivity index (χ1) is 21.3. The van der Waals surface area contributed by atoms with Gasteiger partial charge >= 0.3 is 0 Å². The van der Waals surface area contributed by atoms with Crippen molar-refractivity contribution in [2.45, 2.75) is 52.0 Å². The lowest BCUT2D eigenvalue weighted by Crippen LogP contribution is -2.27. The van der Waals surface area contributed by atoms with Crippen LogP contribution in [0.3, 0.4) is 0 Å². The molecule has 0 radical (unpaired) electrons. The Morgan fingerprint density at radius 2 is 1.66 bits per heavy atom. The first-order valence-corrected chi connectivity index (χ1v) is 15.1. The Bertz CT molecular complexity index is 1610. The highest BCUT2D eigenvalue weighted by atomic mass is 19.1. The van der Waals surface area contributed by atoms with Crippen LogP contribution in [0.1, 0.15) is 62.3 Å². The molecule has 1 aliphatic rings. The van der Waals surface area contributed by atoms with Crippen LogP contribution >= 0.6 is 0 Å². The fourth-order valence-electron chi connectivity index (χ4n) is 5.29. The maximum Gasteiger partial charge on any atom is 0.227 e.